The van der Waals surface area contributed by atoms with Crippen molar-refractivity contribution in [3.8, 4) is 0 Å². The summed E-state index contributed by atoms with van der Waals surface area (Å²) in [6.45, 7) is 6.21. The number of piperidine rings is 1. The number of carbonyl (C=O) groups is 1. The second-order valence-electron chi connectivity index (χ2n) is 8.46. The first-order valence-electron chi connectivity index (χ1n) is 10.9. The molecule has 1 amide bonds. The maximum absolute atomic E-state index is 13.3. The van der Waals surface area contributed by atoms with Crippen molar-refractivity contribution >= 4 is 11.6 Å². The topological polar surface area (TPSA) is 41.6 Å². The van der Waals surface area contributed by atoms with Gasteiger partial charge in [-0.3, -0.25) is 4.79 Å². The summed E-state index contributed by atoms with van der Waals surface area (Å²) >= 11 is 0. The van der Waals surface area contributed by atoms with E-state index in [0.717, 1.165) is 37.1 Å². The van der Waals surface area contributed by atoms with E-state index in [1.54, 1.807) is 0 Å². The van der Waals surface area contributed by atoms with E-state index < -0.39 is 5.41 Å². The molecule has 1 N–H and O–H groups in total. The fraction of sp³-hybridized carbons (Fsp3) is 0.480. The van der Waals surface area contributed by atoms with E-state index in [4.69, 9.17) is 4.74 Å². The van der Waals surface area contributed by atoms with Crippen molar-refractivity contribution in [2.24, 2.45) is 0 Å². The first-order valence-corrected chi connectivity index (χ1v) is 10.9. The molecule has 2 aromatic rings. The van der Waals surface area contributed by atoms with Gasteiger partial charge in [-0.2, -0.15) is 0 Å². The number of aryl methyl sites for hydroxylation is 1. The molecule has 2 aliphatic rings. The zero-order valence-corrected chi connectivity index (χ0v) is 17.5. The zero-order chi connectivity index (χ0) is 20.1. The third-order valence-corrected chi connectivity index (χ3v) is 6.46. The number of hydrogen-bond donors (Lipinski definition) is 1. The van der Waals surface area contributed by atoms with Crippen LogP contribution in [0.3, 0.4) is 0 Å². The maximum atomic E-state index is 13.3. The molecule has 2 aliphatic heterocycles. The normalized spacial score (nSPS) is 19.0. The summed E-state index contributed by atoms with van der Waals surface area (Å²) in [5.41, 5.74) is 4.25. The minimum Gasteiger partial charge on any atom is -0.381 e. The van der Waals surface area contributed by atoms with Crippen molar-refractivity contribution < 1.29 is 9.53 Å². The van der Waals surface area contributed by atoms with Gasteiger partial charge >= 0.3 is 0 Å². The summed E-state index contributed by atoms with van der Waals surface area (Å²) in [4.78, 5) is 15.8. The first kappa shape index (κ1) is 20.0. The van der Waals surface area contributed by atoms with Crippen molar-refractivity contribution in [1.82, 2.24) is 5.32 Å². The minimum absolute atomic E-state index is 0.117. The van der Waals surface area contributed by atoms with Gasteiger partial charge in [0.1, 0.15) is 0 Å². The van der Waals surface area contributed by atoms with E-state index >= 15 is 0 Å². The van der Waals surface area contributed by atoms with Gasteiger partial charge in [-0.15, -0.1) is 0 Å². The molecule has 0 aliphatic carbocycles. The molecule has 4 nitrogen and oxygen atoms in total. The number of benzene rings is 2. The molecule has 0 atom stereocenters. The standard InChI is InChI=1S/C25H32N2O2/c1-20-6-5-7-22(18-20)25(12-16-29-17-13-25)24(28)26-19-21-8-10-23(11-9-21)27-14-3-2-4-15-27/h5-11,18H,2-4,12-17,19H2,1H3,(H,26,28). The second kappa shape index (κ2) is 9.00. The van der Waals surface area contributed by atoms with Crippen LogP contribution in [-0.2, 0) is 21.5 Å². The number of amides is 1. The van der Waals surface area contributed by atoms with Crippen molar-refractivity contribution in [3.05, 3.63) is 65.2 Å². The molecule has 2 heterocycles. The Morgan fingerprint density at radius 2 is 1.76 bits per heavy atom. The van der Waals surface area contributed by atoms with E-state index in [9.17, 15) is 4.79 Å². The van der Waals surface area contributed by atoms with Gasteiger partial charge in [0.05, 0.1) is 5.41 Å². The van der Waals surface area contributed by atoms with Gasteiger partial charge in [-0.1, -0.05) is 42.0 Å². The molecule has 0 spiro atoms. The number of nitrogens with one attached hydrogen (secondary N) is 1. The molecule has 0 radical (unpaired) electrons. The molecular formula is C25H32N2O2. The molecular weight excluding hydrogens is 360 g/mol. The average Bonchev–Trinajstić information content (AvgIpc) is 2.79. The molecule has 0 unspecified atom stereocenters. The van der Waals surface area contributed by atoms with E-state index in [1.807, 2.05) is 0 Å². The number of anilines is 1. The monoisotopic (exact) mass is 392 g/mol. The smallest absolute Gasteiger partial charge is 0.231 e. The number of rotatable bonds is 5. The second-order valence-corrected chi connectivity index (χ2v) is 8.46. The van der Waals surface area contributed by atoms with Gasteiger partial charge in [0.25, 0.3) is 0 Å². The molecule has 4 heteroatoms. The summed E-state index contributed by atoms with van der Waals surface area (Å²) < 4.78 is 5.58. The summed E-state index contributed by atoms with van der Waals surface area (Å²) in [7, 11) is 0. The van der Waals surface area contributed by atoms with Crippen LogP contribution in [0.15, 0.2) is 48.5 Å². The van der Waals surface area contributed by atoms with Crippen LogP contribution in [0.1, 0.15) is 48.8 Å². The maximum Gasteiger partial charge on any atom is 0.231 e. The number of hydrogen-bond acceptors (Lipinski definition) is 3. The highest BCUT2D eigenvalue weighted by molar-refractivity contribution is 5.88. The fourth-order valence-electron chi connectivity index (χ4n) is 4.64. The molecule has 0 saturated carbocycles. The highest BCUT2D eigenvalue weighted by Crippen LogP contribution is 2.35. The largest absolute Gasteiger partial charge is 0.381 e. The Hall–Kier alpha value is -2.33. The summed E-state index contributed by atoms with van der Waals surface area (Å²) in [5, 5.41) is 3.22. The molecule has 4 rings (SSSR count). The van der Waals surface area contributed by atoms with Gasteiger partial charge in [0.2, 0.25) is 5.91 Å². The quantitative estimate of drug-likeness (QED) is 0.822. The fourth-order valence-corrected chi connectivity index (χ4v) is 4.64. The number of ether oxygens (including phenoxy) is 1. The lowest BCUT2D eigenvalue weighted by atomic mass is 9.73. The SMILES string of the molecule is Cc1cccc(C2(C(=O)NCc3ccc(N4CCCCC4)cc3)CCOCC2)c1. The van der Waals surface area contributed by atoms with Crippen LogP contribution in [0, 0.1) is 6.92 Å². The Bertz CT molecular complexity index is 819. The van der Waals surface area contributed by atoms with Crippen LogP contribution in [-0.4, -0.2) is 32.2 Å². The highest BCUT2D eigenvalue weighted by Gasteiger charge is 2.41. The van der Waals surface area contributed by atoms with E-state index in [2.05, 4.69) is 65.7 Å². The van der Waals surface area contributed by atoms with Crippen LogP contribution >= 0.6 is 0 Å². The van der Waals surface area contributed by atoms with Crippen LogP contribution in [0.2, 0.25) is 0 Å². The summed E-state index contributed by atoms with van der Waals surface area (Å²) in [6, 6.07) is 17.0. The van der Waals surface area contributed by atoms with E-state index in [0.29, 0.717) is 19.8 Å². The molecule has 0 aromatic heterocycles. The Kier molecular flexibility index (Phi) is 6.19. The molecule has 0 bridgehead atoms. The number of nitrogens with zero attached hydrogens (tertiary/aromatic N) is 1. The lowest BCUT2D eigenvalue weighted by Gasteiger charge is -2.36. The predicted octanol–water partition coefficient (Wildman–Crippen LogP) is 4.35. The number of carbonyl (C=O) groups excluding carboxylic acids is 1. The van der Waals surface area contributed by atoms with Crippen LogP contribution in [0.4, 0.5) is 5.69 Å². The summed E-state index contributed by atoms with van der Waals surface area (Å²) in [6.07, 6.45) is 5.37. The van der Waals surface area contributed by atoms with Crippen LogP contribution in [0.5, 0.6) is 0 Å². The van der Waals surface area contributed by atoms with E-state index in [-0.39, 0.29) is 5.91 Å². The van der Waals surface area contributed by atoms with Crippen LogP contribution < -0.4 is 10.2 Å². The van der Waals surface area contributed by atoms with Gasteiger partial charge in [0, 0.05) is 38.5 Å². The Morgan fingerprint density at radius 3 is 2.45 bits per heavy atom. The average molecular weight is 393 g/mol. The lowest BCUT2D eigenvalue weighted by Crippen LogP contribution is -2.47. The molecule has 154 valence electrons. The van der Waals surface area contributed by atoms with Gasteiger partial charge in [-0.05, 0) is 62.3 Å². The van der Waals surface area contributed by atoms with Crippen LogP contribution in [0.25, 0.3) is 0 Å². The molecule has 2 aromatic carbocycles. The third kappa shape index (κ3) is 4.48. The zero-order valence-electron chi connectivity index (χ0n) is 17.5. The Labute approximate surface area is 174 Å². The molecule has 29 heavy (non-hydrogen) atoms. The van der Waals surface area contributed by atoms with Gasteiger partial charge in [-0.25, -0.2) is 0 Å². The van der Waals surface area contributed by atoms with Crippen molar-refractivity contribution in [1.29, 1.82) is 0 Å². The van der Waals surface area contributed by atoms with Crippen molar-refractivity contribution in [2.75, 3.05) is 31.2 Å². The Morgan fingerprint density at radius 1 is 1.03 bits per heavy atom. The minimum atomic E-state index is -0.488. The van der Waals surface area contributed by atoms with Gasteiger partial charge in [0.15, 0.2) is 0 Å². The lowest BCUT2D eigenvalue weighted by molar-refractivity contribution is -0.130. The molecule has 2 saturated heterocycles. The third-order valence-electron chi connectivity index (χ3n) is 6.46. The highest BCUT2D eigenvalue weighted by atomic mass is 16.5. The van der Waals surface area contributed by atoms with Crippen molar-refractivity contribution in [2.45, 2.75) is 51.0 Å². The first-order chi connectivity index (χ1) is 14.2. The molecule has 2 fully saturated rings. The Balaban J connectivity index is 1.44. The van der Waals surface area contributed by atoms with Gasteiger partial charge < -0.3 is 15.0 Å². The summed E-state index contributed by atoms with van der Waals surface area (Å²) in [5.74, 6) is 0.117. The van der Waals surface area contributed by atoms with Crippen molar-refractivity contribution in [3.63, 3.8) is 0 Å². The van der Waals surface area contributed by atoms with E-state index in [1.165, 1.54) is 30.5 Å². The predicted molar refractivity (Wildman–Crippen MR) is 117 cm³/mol.